The van der Waals surface area contributed by atoms with Crippen LogP contribution in [0.3, 0.4) is 0 Å². The summed E-state index contributed by atoms with van der Waals surface area (Å²) in [6, 6.07) is 6.55. The molecular formula is C22H32N6. The number of aliphatic imine (C=N–C) groups is 1. The van der Waals surface area contributed by atoms with Gasteiger partial charge in [0.15, 0.2) is 5.96 Å². The van der Waals surface area contributed by atoms with E-state index in [4.69, 9.17) is 0 Å². The molecule has 0 aliphatic rings. The van der Waals surface area contributed by atoms with Gasteiger partial charge in [0.2, 0.25) is 0 Å². The molecule has 28 heavy (non-hydrogen) atoms. The number of fused-ring (bicyclic) bond motifs is 1. The lowest BCUT2D eigenvalue weighted by Crippen LogP contribution is -2.38. The number of benzene rings is 1. The van der Waals surface area contributed by atoms with Gasteiger partial charge in [-0.3, -0.25) is 4.99 Å². The Morgan fingerprint density at radius 2 is 2.04 bits per heavy atom. The summed E-state index contributed by atoms with van der Waals surface area (Å²) in [4.78, 5) is 12.0. The van der Waals surface area contributed by atoms with Gasteiger partial charge < -0.3 is 20.2 Å². The Morgan fingerprint density at radius 3 is 2.79 bits per heavy atom. The predicted molar refractivity (Wildman–Crippen MR) is 117 cm³/mol. The van der Waals surface area contributed by atoms with E-state index in [0.717, 1.165) is 57.1 Å². The Kier molecular flexibility index (Phi) is 7.12. The maximum atomic E-state index is 4.33. The van der Waals surface area contributed by atoms with Crippen LogP contribution in [0.1, 0.15) is 36.7 Å². The van der Waals surface area contributed by atoms with E-state index >= 15 is 0 Å². The second-order valence-corrected chi connectivity index (χ2v) is 7.06. The molecule has 150 valence electrons. The van der Waals surface area contributed by atoms with Gasteiger partial charge in [0.25, 0.3) is 0 Å². The SMILES string of the molecule is CCc1cccc2c(CCNC(=NC)NCCCCn3ccnc3C)c[nH]c12. The second-order valence-electron chi connectivity index (χ2n) is 7.06. The Hall–Kier alpha value is -2.76. The molecule has 3 aromatic rings. The molecular weight excluding hydrogens is 348 g/mol. The standard InChI is InChI=1S/C22H32N6/c1-4-18-8-7-9-20-19(16-27-21(18)20)10-12-26-22(23-3)25-11-5-6-14-28-15-13-24-17(28)2/h7-9,13,15-16,27H,4-6,10-12,14H2,1-3H3,(H2,23,25,26). The first-order valence-electron chi connectivity index (χ1n) is 10.2. The summed E-state index contributed by atoms with van der Waals surface area (Å²) in [6.45, 7) is 7.03. The molecule has 3 rings (SSSR count). The average molecular weight is 381 g/mol. The summed E-state index contributed by atoms with van der Waals surface area (Å²) in [5, 5.41) is 8.16. The van der Waals surface area contributed by atoms with Gasteiger partial charge in [-0.2, -0.15) is 0 Å². The highest BCUT2D eigenvalue weighted by molar-refractivity contribution is 5.86. The third-order valence-corrected chi connectivity index (χ3v) is 5.22. The van der Waals surface area contributed by atoms with Gasteiger partial charge >= 0.3 is 0 Å². The summed E-state index contributed by atoms with van der Waals surface area (Å²) in [6.07, 6.45) is 10.3. The van der Waals surface area contributed by atoms with E-state index in [1.54, 1.807) is 0 Å². The van der Waals surface area contributed by atoms with Crippen molar-refractivity contribution >= 4 is 16.9 Å². The van der Waals surface area contributed by atoms with Crippen LogP contribution < -0.4 is 10.6 Å². The van der Waals surface area contributed by atoms with Crippen LogP contribution >= 0.6 is 0 Å². The van der Waals surface area contributed by atoms with Crippen molar-refractivity contribution in [3.8, 4) is 0 Å². The second kappa shape index (κ2) is 9.97. The number of nitrogens with zero attached hydrogens (tertiary/aromatic N) is 3. The average Bonchev–Trinajstić information content (AvgIpc) is 3.32. The molecule has 6 nitrogen and oxygen atoms in total. The summed E-state index contributed by atoms with van der Waals surface area (Å²) in [7, 11) is 1.82. The quantitative estimate of drug-likeness (QED) is 0.303. The molecule has 0 saturated carbocycles. The summed E-state index contributed by atoms with van der Waals surface area (Å²) >= 11 is 0. The predicted octanol–water partition coefficient (Wildman–Crippen LogP) is 3.42. The van der Waals surface area contributed by atoms with E-state index in [0.29, 0.717) is 0 Å². The highest BCUT2D eigenvalue weighted by Gasteiger charge is 2.06. The van der Waals surface area contributed by atoms with E-state index in [-0.39, 0.29) is 0 Å². The summed E-state index contributed by atoms with van der Waals surface area (Å²) in [5.74, 6) is 1.95. The zero-order chi connectivity index (χ0) is 19.8. The smallest absolute Gasteiger partial charge is 0.190 e. The number of aryl methyl sites for hydroxylation is 3. The van der Waals surface area contributed by atoms with Crippen molar-refractivity contribution in [2.24, 2.45) is 4.99 Å². The molecule has 0 radical (unpaired) electrons. The molecule has 0 aliphatic carbocycles. The molecule has 0 aliphatic heterocycles. The van der Waals surface area contributed by atoms with Crippen LogP contribution in [0.15, 0.2) is 41.8 Å². The highest BCUT2D eigenvalue weighted by atomic mass is 15.2. The fourth-order valence-electron chi connectivity index (χ4n) is 3.57. The van der Waals surface area contributed by atoms with Gasteiger partial charge in [-0.05, 0) is 43.7 Å². The third-order valence-electron chi connectivity index (χ3n) is 5.22. The number of H-pyrrole nitrogens is 1. The van der Waals surface area contributed by atoms with Crippen molar-refractivity contribution in [2.75, 3.05) is 20.1 Å². The van der Waals surface area contributed by atoms with E-state index in [1.807, 2.05) is 26.4 Å². The number of rotatable bonds is 9. The van der Waals surface area contributed by atoms with Crippen LogP contribution in [0.2, 0.25) is 0 Å². The number of unbranched alkanes of at least 4 members (excludes halogenated alkanes) is 1. The maximum Gasteiger partial charge on any atom is 0.190 e. The third kappa shape index (κ3) is 4.94. The summed E-state index contributed by atoms with van der Waals surface area (Å²) in [5.41, 5.74) is 4.00. The Morgan fingerprint density at radius 1 is 1.18 bits per heavy atom. The van der Waals surface area contributed by atoms with Crippen LogP contribution in [-0.4, -0.2) is 40.6 Å². The lowest BCUT2D eigenvalue weighted by atomic mass is 10.1. The van der Waals surface area contributed by atoms with Crippen LogP contribution in [0, 0.1) is 6.92 Å². The first-order valence-corrected chi connectivity index (χ1v) is 10.2. The van der Waals surface area contributed by atoms with E-state index in [9.17, 15) is 0 Å². The molecule has 0 bridgehead atoms. The topological polar surface area (TPSA) is 70.0 Å². The molecule has 1 aromatic carbocycles. The molecule has 2 aromatic heterocycles. The first kappa shape index (κ1) is 20.0. The minimum absolute atomic E-state index is 0.858. The normalized spacial score (nSPS) is 11.9. The van der Waals surface area contributed by atoms with Gasteiger partial charge in [0.05, 0.1) is 0 Å². The van der Waals surface area contributed by atoms with E-state index in [1.165, 1.54) is 22.0 Å². The Balaban J connectivity index is 1.39. The van der Waals surface area contributed by atoms with Crippen molar-refractivity contribution in [3.05, 3.63) is 53.7 Å². The van der Waals surface area contributed by atoms with Gasteiger partial charge in [-0.25, -0.2) is 4.98 Å². The van der Waals surface area contributed by atoms with Crippen molar-refractivity contribution < 1.29 is 0 Å². The minimum Gasteiger partial charge on any atom is -0.361 e. The molecule has 0 fully saturated rings. The lowest BCUT2D eigenvalue weighted by molar-refractivity contribution is 0.588. The van der Waals surface area contributed by atoms with Gasteiger partial charge in [0.1, 0.15) is 5.82 Å². The molecule has 0 unspecified atom stereocenters. The Bertz CT molecular complexity index is 905. The number of hydrogen-bond acceptors (Lipinski definition) is 2. The van der Waals surface area contributed by atoms with Crippen molar-refractivity contribution in [3.63, 3.8) is 0 Å². The van der Waals surface area contributed by atoms with Crippen LogP contribution in [-0.2, 0) is 19.4 Å². The number of nitrogens with one attached hydrogen (secondary N) is 3. The van der Waals surface area contributed by atoms with E-state index < -0.39 is 0 Å². The maximum absolute atomic E-state index is 4.33. The molecule has 6 heteroatoms. The fourth-order valence-corrected chi connectivity index (χ4v) is 3.57. The molecule has 0 amide bonds. The highest BCUT2D eigenvalue weighted by Crippen LogP contribution is 2.22. The number of hydrogen-bond donors (Lipinski definition) is 3. The van der Waals surface area contributed by atoms with Gasteiger partial charge in [-0.15, -0.1) is 0 Å². The zero-order valence-corrected chi connectivity index (χ0v) is 17.3. The molecule has 3 N–H and O–H groups in total. The first-order chi connectivity index (χ1) is 13.7. The number of guanidine groups is 1. The van der Waals surface area contributed by atoms with Crippen LogP contribution in [0.4, 0.5) is 0 Å². The summed E-state index contributed by atoms with van der Waals surface area (Å²) < 4.78 is 2.19. The van der Waals surface area contributed by atoms with Crippen molar-refractivity contribution in [1.82, 2.24) is 25.2 Å². The monoisotopic (exact) mass is 380 g/mol. The van der Waals surface area contributed by atoms with Crippen molar-refractivity contribution in [1.29, 1.82) is 0 Å². The van der Waals surface area contributed by atoms with Crippen molar-refractivity contribution in [2.45, 2.75) is 46.1 Å². The number of imidazole rings is 1. The van der Waals surface area contributed by atoms with Crippen LogP contribution in [0.25, 0.3) is 10.9 Å². The van der Waals surface area contributed by atoms with E-state index in [2.05, 4.69) is 61.5 Å². The molecule has 0 spiro atoms. The van der Waals surface area contributed by atoms with Crippen LogP contribution in [0.5, 0.6) is 0 Å². The number of aromatic amines is 1. The zero-order valence-electron chi connectivity index (χ0n) is 17.3. The lowest BCUT2D eigenvalue weighted by Gasteiger charge is -2.12. The molecule has 0 atom stereocenters. The largest absolute Gasteiger partial charge is 0.361 e. The van der Waals surface area contributed by atoms with Gasteiger partial charge in [0, 0.05) is 56.2 Å². The Labute approximate surface area is 167 Å². The fraction of sp³-hybridized carbons (Fsp3) is 0.455. The number of aromatic nitrogens is 3. The number of para-hydroxylation sites is 1. The molecule has 2 heterocycles. The minimum atomic E-state index is 0.858. The molecule has 0 saturated heterocycles. The van der Waals surface area contributed by atoms with Gasteiger partial charge in [-0.1, -0.05) is 25.1 Å².